The third-order valence-electron chi connectivity index (χ3n) is 3.54. The number of H-pyrrole nitrogens is 1. The molecule has 1 aromatic rings. The Morgan fingerprint density at radius 3 is 3.12 bits per heavy atom. The molecule has 0 spiro atoms. The molecule has 2 heterocycles. The van der Waals surface area contributed by atoms with Gasteiger partial charge in [0.2, 0.25) is 0 Å². The van der Waals surface area contributed by atoms with Gasteiger partial charge in [-0.05, 0) is 38.8 Å². The standard InChI is InChI=1S/C13H23N3O/c1-3-17-9-8-16-7-5-4-6-12(16)13-11(2)10-14-15-13/h10,12H,3-9H2,1-2H3,(H,14,15)/t12-/m1/s1. The van der Waals surface area contributed by atoms with E-state index in [4.69, 9.17) is 4.74 Å². The number of piperidine rings is 1. The fourth-order valence-corrected chi connectivity index (χ4v) is 2.61. The molecule has 0 radical (unpaired) electrons. The lowest BCUT2D eigenvalue weighted by molar-refractivity contribution is 0.0757. The molecule has 2 rings (SSSR count). The van der Waals surface area contributed by atoms with E-state index in [0.717, 1.165) is 19.8 Å². The van der Waals surface area contributed by atoms with E-state index in [2.05, 4.69) is 22.0 Å². The Labute approximate surface area is 103 Å². The number of likely N-dealkylation sites (tertiary alicyclic amines) is 1. The number of ether oxygens (including phenoxy) is 1. The maximum absolute atomic E-state index is 5.46. The average Bonchev–Trinajstić information content (AvgIpc) is 2.76. The molecule has 0 aromatic carbocycles. The second kappa shape index (κ2) is 6.17. The highest BCUT2D eigenvalue weighted by atomic mass is 16.5. The van der Waals surface area contributed by atoms with Gasteiger partial charge in [0.15, 0.2) is 0 Å². The summed E-state index contributed by atoms with van der Waals surface area (Å²) in [6.45, 7) is 8.02. The van der Waals surface area contributed by atoms with E-state index in [1.807, 2.05) is 13.1 Å². The Balaban J connectivity index is 1.99. The first kappa shape index (κ1) is 12.6. The Morgan fingerprint density at radius 1 is 1.53 bits per heavy atom. The van der Waals surface area contributed by atoms with E-state index >= 15 is 0 Å². The summed E-state index contributed by atoms with van der Waals surface area (Å²) in [7, 11) is 0. The summed E-state index contributed by atoms with van der Waals surface area (Å²) >= 11 is 0. The number of hydrogen-bond donors (Lipinski definition) is 1. The molecule has 1 aromatic heterocycles. The summed E-state index contributed by atoms with van der Waals surface area (Å²) in [5.74, 6) is 0. The van der Waals surface area contributed by atoms with Gasteiger partial charge in [0.25, 0.3) is 0 Å². The van der Waals surface area contributed by atoms with Crippen LogP contribution in [-0.4, -0.2) is 41.4 Å². The van der Waals surface area contributed by atoms with Crippen molar-refractivity contribution in [2.45, 2.75) is 39.2 Å². The number of hydrogen-bond acceptors (Lipinski definition) is 3. The van der Waals surface area contributed by atoms with Crippen LogP contribution in [0.4, 0.5) is 0 Å². The van der Waals surface area contributed by atoms with Crippen LogP contribution in [0.2, 0.25) is 0 Å². The van der Waals surface area contributed by atoms with E-state index in [-0.39, 0.29) is 0 Å². The molecule has 0 aliphatic carbocycles. The second-order valence-corrected chi connectivity index (χ2v) is 4.71. The number of rotatable bonds is 5. The average molecular weight is 237 g/mol. The zero-order chi connectivity index (χ0) is 12.1. The van der Waals surface area contributed by atoms with Gasteiger partial charge in [0.1, 0.15) is 0 Å². The molecule has 4 heteroatoms. The molecule has 0 amide bonds. The second-order valence-electron chi connectivity index (χ2n) is 4.71. The van der Waals surface area contributed by atoms with Gasteiger partial charge < -0.3 is 4.74 Å². The van der Waals surface area contributed by atoms with E-state index < -0.39 is 0 Å². The highest BCUT2D eigenvalue weighted by Crippen LogP contribution is 2.30. The topological polar surface area (TPSA) is 41.1 Å². The molecule has 1 N–H and O–H groups in total. The third kappa shape index (κ3) is 3.07. The highest BCUT2D eigenvalue weighted by Gasteiger charge is 2.25. The fourth-order valence-electron chi connectivity index (χ4n) is 2.61. The van der Waals surface area contributed by atoms with Gasteiger partial charge in [0, 0.05) is 13.2 Å². The molecule has 17 heavy (non-hydrogen) atoms. The van der Waals surface area contributed by atoms with Crippen LogP contribution >= 0.6 is 0 Å². The van der Waals surface area contributed by atoms with E-state index in [9.17, 15) is 0 Å². The molecule has 1 atom stereocenters. The van der Waals surface area contributed by atoms with Gasteiger partial charge in [0.05, 0.1) is 24.5 Å². The lowest BCUT2D eigenvalue weighted by Gasteiger charge is -2.35. The number of nitrogens with one attached hydrogen (secondary N) is 1. The third-order valence-corrected chi connectivity index (χ3v) is 3.54. The van der Waals surface area contributed by atoms with Gasteiger partial charge in [-0.15, -0.1) is 0 Å². The van der Waals surface area contributed by atoms with Gasteiger partial charge in [-0.3, -0.25) is 10.00 Å². The van der Waals surface area contributed by atoms with Gasteiger partial charge in [-0.1, -0.05) is 6.42 Å². The first-order valence-electron chi connectivity index (χ1n) is 6.64. The molecular weight excluding hydrogens is 214 g/mol. The molecular formula is C13H23N3O. The Kier molecular flexibility index (Phi) is 4.57. The van der Waals surface area contributed by atoms with Crippen LogP contribution in [0.25, 0.3) is 0 Å². The van der Waals surface area contributed by atoms with Crippen LogP contribution in [0.15, 0.2) is 6.20 Å². The van der Waals surface area contributed by atoms with Crippen molar-refractivity contribution in [1.29, 1.82) is 0 Å². The first-order chi connectivity index (χ1) is 8.33. The predicted octanol–water partition coefficient (Wildman–Crippen LogP) is 2.28. The zero-order valence-corrected chi connectivity index (χ0v) is 10.9. The summed E-state index contributed by atoms with van der Waals surface area (Å²) in [5, 5.41) is 7.31. The monoisotopic (exact) mass is 237 g/mol. The highest BCUT2D eigenvalue weighted by molar-refractivity contribution is 5.18. The van der Waals surface area contributed by atoms with Crippen molar-refractivity contribution in [3.63, 3.8) is 0 Å². The Bertz CT molecular complexity index is 337. The van der Waals surface area contributed by atoms with Gasteiger partial charge >= 0.3 is 0 Å². The van der Waals surface area contributed by atoms with Crippen molar-refractivity contribution in [3.8, 4) is 0 Å². The van der Waals surface area contributed by atoms with Gasteiger partial charge in [-0.25, -0.2) is 0 Å². The summed E-state index contributed by atoms with van der Waals surface area (Å²) < 4.78 is 5.46. The maximum Gasteiger partial charge on any atom is 0.0593 e. The summed E-state index contributed by atoms with van der Waals surface area (Å²) in [5.41, 5.74) is 2.57. The molecule has 0 saturated carbocycles. The lowest BCUT2D eigenvalue weighted by atomic mass is 9.97. The normalized spacial score (nSPS) is 21.9. The van der Waals surface area contributed by atoms with Crippen molar-refractivity contribution in [2.24, 2.45) is 0 Å². The van der Waals surface area contributed by atoms with Crippen LogP contribution < -0.4 is 0 Å². The summed E-state index contributed by atoms with van der Waals surface area (Å²) in [4.78, 5) is 2.53. The van der Waals surface area contributed by atoms with Crippen molar-refractivity contribution in [1.82, 2.24) is 15.1 Å². The Morgan fingerprint density at radius 2 is 2.41 bits per heavy atom. The molecule has 1 aliphatic rings. The molecule has 0 bridgehead atoms. The molecule has 0 unspecified atom stereocenters. The minimum absolute atomic E-state index is 0.506. The first-order valence-corrected chi connectivity index (χ1v) is 6.64. The fraction of sp³-hybridized carbons (Fsp3) is 0.769. The van der Waals surface area contributed by atoms with Crippen LogP contribution in [0, 0.1) is 6.92 Å². The summed E-state index contributed by atoms with van der Waals surface area (Å²) in [6.07, 6.45) is 5.77. The predicted molar refractivity (Wildman–Crippen MR) is 68.0 cm³/mol. The molecule has 1 saturated heterocycles. The van der Waals surface area contributed by atoms with Crippen molar-refractivity contribution >= 4 is 0 Å². The summed E-state index contributed by atoms with van der Waals surface area (Å²) in [6, 6.07) is 0.506. The van der Waals surface area contributed by atoms with Gasteiger partial charge in [-0.2, -0.15) is 5.10 Å². The molecule has 1 fully saturated rings. The molecule has 4 nitrogen and oxygen atoms in total. The minimum Gasteiger partial charge on any atom is -0.380 e. The van der Waals surface area contributed by atoms with Crippen molar-refractivity contribution in [3.05, 3.63) is 17.5 Å². The molecule has 1 aliphatic heterocycles. The van der Waals surface area contributed by atoms with Crippen molar-refractivity contribution in [2.75, 3.05) is 26.3 Å². The van der Waals surface area contributed by atoms with Crippen LogP contribution in [0.5, 0.6) is 0 Å². The number of aromatic nitrogens is 2. The van der Waals surface area contributed by atoms with E-state index in [1.54, 1.807) is 0 Å². The van der Waals surface area contributed by atoms with Crippen LogP contribution in [-0.2, 0) is 4.74 Å². The van der Waals surface area contributed by atoms with Crippen LogP contribution in [0.1, 0.15) is 43.5 Å². The number of aromatic amines is 1. The lowest BCUT2D eigenvalue weighted by Crippen LogP contribution is -2.36. The number of nitrogens with zero attached hydrogens (tertiary/aromatic N) is 2. The van der Waals surface area contributed by atoms with Crippen LogP contribution in [0.3, 0.4) is 0 Å². The molecule has 96 valence electrons. The number of aryl methyl sites for hydroxylation is 1. The minimum atomic E-state index is 0.506. The Hall–Kier alpha value is -0.870. The quantitative estimate of drug-likeness (QED) is 0.799. The van der Waals surface area contributed by atoms with Crippen molar-refractivity contribution < 1.29 is 4.74 Å². The van der Waals surface area contributed by atoms with E-state index in [0.29, 0.717) is 6.04 Å². The smallest absolute Gasteiger partial charge is 0.0593 e. The maximum atomic E-state index is 5.46. The largest absolute Gasteiger partial charge is 0.380 e. The zero-order valence-electron chi connectivity index (χ0n) is 10.9. The SMILES string of the molecule is CCOCCN1CCCC[C@@H]1c1[nH]ncc1C. The van der Waals surface area contributed by atoms with E-state index in [1.165, 1.54) is 37.1 Å².